The number of nitrogens with one attached hydrogen (secondary N) is 1. The SMILES string of the molecule is C[C@@H]([NH2+][C@@H](C(=O)NC(N)=O)c1ccccc1)c1ccc(F)cc1F. The fourth-order valence-electron chi connectivity index (χ4n) is 2.47. The highest BCUT2D eigenvalue weighted by Gasteiger charge is 2.28. The van der Waals surface area contributed by atoms with Crippen molar-refractivity contribution in [3.63, 3.8) is 0 Å². The van der Waals surface area contributed by atoms with E-state index in [1.54, 1.807) is 42.6 Å². The number of halogens is 2. The highest BCUT2D eigenvalue weighted by atomic mass is 19.1. The van der Waals surface area contributed by atoms with Crippen LogP contribution in [0.25, 0.3) is 0 Å². The first kappa shape index (κ1) is 17.6. The van der Waals surface area contributed by atoms with Gasteiger partial charge < -0.3 is 11.1 Å². The molecule has 0 saturated heterocycles. The lowest BCUT2D eigenvalue weighted by atomic mass is 10.0. The Hall–Kier alpha value is -2.80. The van der Waals surface area contributed by atoms with Crippen molar-refractivity contribution < 1.29 is 23.7 Å². The van der Waals surface area contributed by atoms with Gasteiger partial charge in [0.25, 0.3) is 5.91 Å². The molecular weight excluding hydrogens is 316 g/mol. The van der Waals surface area contributed by atoms with Crippen LogP contribution >= 0.6 is 0 Å². The van der Waals surface area contributed by atoms with Gasteiger partial charge in [-0.15, -0.1) is 0 Å². The van der Waals surface area contributed by atoms with E-state index in [-0.39, 0.29) is 5.56 Å². The smallest absolute Gasteiger partial charge is 0.319 e. The molecule has 0 saturated carbocycles. The molecule has 0 radical (unpaired) electrons. The van der Waals surface area contributed by atoms with Gasteiger partial charge in [-0.3, -0.25) is 10.1 Å². The average molecular weight is 334 g/mol. The maximum absolute atomic E-state index is 13.9. The molecule has 2 aromatic rings. The Balaban J connectivity index is 2.27. The summed E-state index contributed by atoms with van der Waals surface area (Å²) in [6.45, 7) is 1.68. The van der Waals surface area contributed by atoms with E-state index in [0.29, 0.717) is 5.56 Å². The molecule has 7 heteroatoms. The van der Waals surface area contributed by atoms with Gasteiger partial charge in [-0.25, -0.2) is 13.6 Å². The van der Waals surface area contributed by atoms with Crippen LogP contribution in [-0.4, -0.2) is 11.9 Å². The summed E-state index contributed by atoms with van der Waals surface area (Å²) < 4.78 is 27.0. The molecule has 126 valence electrons. The molecule has 5 nitrogen and oxygen atoms in total. The Morgan fingerprint density at radius 2 is 1.79 bits per heavy atom. The number of benzene rings is 2. The van der Waals surface area contributed by atoms with Crippen LogP contribution in [0.4, 0.5) is 13.6 Å². The minimum absolute atomic E-state index is 0.254. The molecule has 0 aromatic heterocycles. The van der Waals surface area contributed by atoms with E-state index in [4.69, 9.17) is 5.73 Å². The number of hydrogen-bond donors (Lipinski definition) is 3. The highest BCUT2D eigenvalue weighted by molar-refractivity contribution is 5.96. The molecule has 2 rings (SSSR count). The maximum Gasteiger partial charge on any atom is 0.319 e. The first-order valence-electron chi connectivity index (χ1n) is 7.33. The van der Waals surface area contributed by atoms with Gasteiger partial charge in [0.15, 0.2) is 6.04 Å². The number of rotatable bonds is 5. The molecular formula is C17H18F2N3O2+. The summed E-state index contributed by atoms with van der Waals surface area (Å²) in [7, 11) is 0. The Morgan fingerprint density at radius 3 is 2.38 bits per heavy atom. The second-order valence-electron chi connectivity index (χ2n) is 5.39. The molecule has 2 atom stereocenters. The van der Waals surface area contributed by atoms with Crippen LogP contribution in [0.2, 0.25) is 0 Å². The zero-order valence-corrected chi connectivity index (χ0v) is 13.0. The van der Waals surface area contributed by atoms with Crippen molar-refractivity contribution in [2.24, 2.45) is 5.73 Å². The van der Waals surface area contributed by atoms with E-state index in [2.05, 4.69) is 0 Å². The molecule has 0 unspecified atom stereocenters. The quantitative estimate of drug-likeness (QED) is 0.774. The number of primary amides is 1. The van der Waals surface area contributed by atoms with Gasteiger partial charge in [0.1, 0.15) is 17.7 Å². The molecule has 0 aliphatic heterocycles. The number of quaternary nitrogens is 1. The molecule has 0 heterocycles. The second kappa shape index (κ2) is 7.65. The zero-order chi connectivity index (χ0) is 17.7. The van der Waals surface area contributed by atoms with Gasteiger partial charge >= 0.3 is 6.03 Å². The first-order chi connectivity index (χ1) is 11.4. The normalized spacial score (nSPS) is 13.1. The molecule has 24 heavy (non-hydrogen) atoms. The van der Waals surface area contributed by atoms with Crippen LogP contribution in [-0.2, 0) is 4.79 Å². The van der Waals surface area contributed by atoms with Crippen molar-refractivity contribution in [2.75, 3.05) is 0 Å². The molecule has 0 aliphatic carbocycles. The zero-order valence-electron chi connectivity index (χ0n) is 13.0. The number of imide groups is 1. The van der Waals surface area contributed by atoms with Crippen LogP contribution in [0.15, 0.2) is 48.5 Å². The molecule has 2 aromatic carbocycles. The average Bonchev–Trinajstić information content (AvgIpc) is 2.52. The number of nitrogens with two attached hydrogens (primary N) is 2. The van der Waals surface area contributed by atoms with Crippen molar-refractivity contribution in [3.8, 4) is 0 Å². The Labute approximate surface area is 137 Å². The first-order valence-corrected chi connectivity index (χ1v) is 7.33. The predicted molar refractivity (Wildman–Crippen MR) is 83.6 cm³/mol. The fraction of sp³-hybridized carbons (Fsp3) is 0.176. The number of urea groups is 1. The predicted octanol–water partition coefficient (Wildman–Crippen LogP) is 1.53. The van der Waals surface area contributed by atoms with Crippen LogP contribution in [0.3, 0.4) is 0 Å². The van der Waals surface area contributed by atoms with Crippen molar-refractivity contribution in [1.82, 2.24) is 5.32 Å². The topological polar surface area (TPSA) is 88.8 Å². The van der Waals surface area contributed by atoms with Crippen molar-refractivity contribution in [2.45, 2.75) is 19.0 Å². The third-order valence-corrected chi connectivity index (χ3v) is 3.62. The summed E-state index contributed by atoms with van der Waals surface area (Å²) in [6.07, 6.45) is 0. The van der Waals surface area contributed by atoms with Gasteiger partial charge in [0.05, 0.1) is 0 Å². The lowest BCUT2D eigenvalue weighted by Crippen LogP contribution is -2.88. The molecule has 0 bridgehead atoms. The van der Waals surface area contributed by atoms with E-state index in [0.717, 1.165) is 12.1 Å². The Kier molecular flexibility index (Phi) is 5.59. The van der Waals surface area contributed by atoms with E-state index < -0.39 is 35.7 Å². The number of hydrogen-bond acceptors (Lipinski definition) is 2. The number of amides is 3. The van der Waals surface area contributed by atoms with E-state index >= 15 is 0 Å². The summed E-state index contributed by atoms with van der Waals surface area (Å²) in [5.74, 6) is -1.97. The van der Waals surface area contributed by atoms with Crippen molar-refractivity contribution >= 4 is 11.9 Å². The third kappa shape index (κ3) is 4.36. The highest BCUT2D eigenvalue weighted by Crippen LogP contribution is 2.17. The summed E-state index contributed by atoms with van der Waals surface area (Å²) in [4.78, 5) is 23.2. The minimum Gasteiger partial charge on any atom is -0.351 e. The lowest BCUT2D eigenvalue weighted by Gasteiger charge is -2.20. The van der Waals surface area contributed by atoms with Gasteiger partial charge in [0, 0.05) is 17.2 Å². The standard InChI is InChI=1S/C17H17F2N3O2/c1-10(13-8-7-12(18)9-14(13)19)21-15(16(23)22-17(20)24)11-5-3-2-4-6-11/h2-10,15,21H,1H3,(H3,20,22,23,24)/p+1/t10-,15-/m1/s1. The third-order valence-electron chi connectivity index (χ3n) is 3.62. The maximum atomic E-state index is 13.9. The summed E-state index contributed by atoms with van der Waals surface area (Å²) in [5, 5.41) is 3.62. The van der Waals surface area contributed by atoms with Crippen LogP contribution in [0.1, 0.15) is 30.1 Å². The van der Waals surface area contributed by atoms with Gasteiger partial charge in [-0.2, -0.15) is 0 Å². The van der Waals surface area contributed by atoms with Crippen molar-refractivity contribution in [3.05, 3.63) is 71.3 Å². The van der Waals surface area contributed by atoms with Crippen molar-refractivity contribution in [1.29, 1.82) is 0 Å². The van der Waals surface area contributed by atoms with Gasteiger partial charge in [-0.1, -0.05) is 30.3 Å². The molecule has 5 N–H and O–H groups in total. The van der Waals surface area contributed by atoms with Crippen LogP contribution in [0, 0.1) is 11.6 Å². The van der Waals surface area contributed by atoms with Crippen LogP contribution in [0.5, 0.6) is 0 Å². The van der Waals surface area contributed by atoms with Gasteiger partial charge in [-0.05, 0) is 19.1 Å². The summed E-state index contributed by atoms with van der Waals surface area (Å²) in [5.41, 5.74) is 5.89. The molecule has 3 amide bonds. The Morgan fingerprint density at radius 1 is 1.12 bits per heavy atom. The number of carbonyl (C=O) groups is 2. The van der Waals surface area contributed by atoms with E-state index in [1.807, 2.05) is 5.32 Å². The molecule has 0 fully saturated rings. The number of carbonyl (C=O) groups excluding carboxylic acids is 2. The molecule has 0 spiro atoms. The van der Waals surface area contributed by atoms with E-state index in [1.165, 1.54) is 6.07 Å². The Bertz CT molecular complexity index is 738. The lowest BCUT2D eigenvalue weighted by molar-refractivity contribution is -0.719. The minimum atomic E-state index is -0.963. The van der Waals surface area contributed by atoms with Crippen LogP contribution < -0.4 is 16.4 Å². The fourth-order valence-corrected chi connectivity index (χ4v) is 2.47. The molecule has 0 aliphatic rings. The largest absolute Gasteiger partial charge is 0.351 e. The van der Waals surface area contributed by atoms with E-state index in [9.17, 15) is 18.4 Å². The van der Waals surface area contributed by atoms with Gasteiger partial charge in [0.2, 0.25) is 0 Å². The second-order valence-corrected chi connectivity index (χ2v) is 5.39. The summed E-state index contributed by atoms with van der Waals surface area (Å²) in [6, 6.07) is 9.74. The summed E-state index contributed by atoms with van der Waals surface area (Å²) >= 11 is 0. The monoisotopic (exact) mass is 334 g/mol.